The van der Waals surface area contributed by atoms with Gasteiger partial charge in [0.15, 0.2) is 0 Å². The summed E-state index contributed by atoms with van der Waals surface area (Å²) in [5.41, 5.74) is 1.52. The van der Waals surface area contributed by atoms with Crippen molar-refractivity contribution >= 4 is 30.6 Å². The molecule has 0 spiro atoms. The summed E-state index contributed by atoms with van der Waals surface area (Å²) in [6.07, 6.45) is 0.442. The van der Waals surface area contributed by atoms with Crippen LogP contribution in [-0.2, 0) is 10.3 Å². The Hall–Kier alpha value is -2.66. The molecule has 1 aliphatic heterocycles. The number of benzene rings is 2. The summed E-state index contributed by atoms with van der Waals surface area (Å²) in [6, 6.07) is 17.4. The molecule has 5 heteroatoms. The van der Waals surface area contributed by atoms with E-state index < -0.39 is 17.3 Å². The molecule has 4 nitrogen and oxygen atoms in total. The second-order valence-corrected chi connectivity index (χ2v) is 7.89. The van der Waals surface area contributed by atoms with Crippen LogP contribution in [0.4, 0.5) is 4.79 Å². The summed E-state index contributed by atoms with van der Waals surface area (Å²) < 4.78 is 5.99. The zero-order chi connectivity index (χ0) is 20.4. The summed E-state index contributed by atoms with van der Waals surface area (Å²) >= 11 is 0. The second-order valence-electron chi connectivity index (χ2n) is 7.89. The fourth-order valence-electron chi connectivity index (χ4n) is 3.74. The Morgan fingerprint density at radius 1 is 1.21 bits per heavy atom. The van der Waals surface area contributed by atoms with Crippen molar-refractivity contribution < 1.29 is 14.6 Å². The van der Waals surface area contributed by atoms with Gasteiger partial charge in [0.2, 0.25) is 0 Å². The molecule has 0 radical (unpaired) electrons. The average Bonchev–Trinajstić information content (AvgIpc) is 2.67. The van der Waals surface area contributed by atoms with Crippen molar-refractivity contribution in [3.05, 3.63) is 72.3 Å². The van der Waals surface area contributed by atoms with Gasteiger partial charge in [-0.2, -0.15) is 0 Å². The molecule has 2 aromatic rings. The predicted octanol–water partition coefficient (Wildman–Crippen LogP) is 3.32. The average molecular weight is 375 g/mol. The fraction of sp³-hybridized carbons (Fsp3) is 0.304. The topological polar surface area (TPSA) is 49.8 Å². The summed E-state index contributed by atoms with van der Waals surface area (Å²) in [5.74, 6) is 0. The summed E-state index contributed by atoms with van der Waals surface area (Å²) in [6.45, 7) is 13.6. The van der Waals surface area contributed by atoms with Crippen molar-refractivity contribution in [3.8, 4) is 0 Å². The Labute approximate surface area is 167 Å². The Morgan fingerprint density at radius 3 is 2.39 bits per heavy atom. The molecule has 1 atom stereocenters. The van der Waals surface area contributed by atoms with Crippen LogP contribution in [0.3, 0.4) is 0 Å². The van der Waals surface area contributed by atoms with Gasteiger partial charge in [0.1, 0.15) is 0 Å². The van der Waals surface area contributed by atoms with E-state index in [4.69, 9.17) is 4.74 Å². The molecular formula is C23H26BNO3. The Kier molecular flexibility index (Phi) is 5.57. The number of ether oxygens (including phenoxy) is 1. The van der Waals surface area contributed by atoms with E-state index in [2.05, 4.69) is 13.0 Å². The summed E-state index contributed by atoms with van der Waals surface area (Å²) in [5, 5.41) is 10.5. The van der Waals surface area contributed by atoms with Crippen LogP contribution in [0.1, 0.15) is 37.8 Å². The summed E-state index contributed by atoms with van der Waals surface area (Å²) in [7, 11) is 0. The third-order valence-electron chi connectivity index (χ3n) is 5.07. The Morgan fingerprint density at radius 2 is 1.86 bits per heavy atom. The normalized spacial score (nSPS) is 19.7. The number of hydrogen-bond donors (Lipinski definition) is 1. The molecule has 1 saturated heterocycles. The first-order chi connectivity index (χ1) is 13.2. The quantitative estimate of drug-likeness (QED) is 0.789. The molecule has 144 valence electrons. The maximum absolute atomic E-state index is 13.0. The van der Waals surface area contributed by atoms with E-state index in [1.165, 1.54) is 0 Å². The van der Waals surface area contributed by atoms with Gasteiger partial charge in [0, 0.05) is 0 Å². The molecule has 1 N–H and O–H groups in total. The van der Waals surface area contributed by atoms with Crippen LogP contribution in [0.5, 0.6) is 0 Å². The number of carbonyl (C=O) groups excluding carboxylic acids is 1. The SMILES string of the molecule is C=Bc1ccc(C(=C)N2CC[C@](CC(C)(C)O)(c3ccccc3)OC2=O)cc1. The van der Waals surface area contributed by atoms with E-state index in [0.29, 0.717) is 25.1 Å². The number of amides is 1. The summed E-state index contributed by atoms with van der Waals surface area (Å²) in [4.78, 5) is 14.5. The predicted molar refractivity (Wildman–Crippen MR) is 115 cm³/mol. The minimum atomic E-state index is -0.976. The number of rotatable bonds is 6. The number of carbonyl (C=O) groups is 1. The standard InChI is InChI=1S/C23H26BNO3/c1-17(18-10-12-20(24-4)13-11-18)25-15-14-23(28-21(25)26,16-22(2,3)27)19-8-6-5-7-9-19/h5-13,27H,1,4,14-16H2,2-3H3/t23-/m0/s1. The molecular weight excluding hydrogens is 349 g/mol. The number of aliphatic hydroxyl groups is 1. The molecule has 0 aromatic heterocycles. The third-order valence-corrected chi connectivity index (χ3v) is 5.07. The molecule has 28 heavy (non-hydrogen) atoms. The van der Waals surface area contributed by atoms with Crippen molar-refractivity contribution in [2.24, 2.45) is 0 Å². The van der Waals surface area contributed by atoms with E-state index >= 15 is 0 Å². The van der Waals surface area contributed by atoms with Gasteiger partial charge in [0.25, 0.3) is 0 Å². The molecule has 1 fully saturated rings. The molecule has 0 unspecified atom stereocenters. The fourth-order valence-corrected chi connectivity index (χ4v) is 3.74. The second kappa shape index (κ2) is 7.76. The van der Waals surface area contributed by atoms with Gasteiger partial charge in [-0.1, -0.05) is 6.07 Å². The van der Waals surface area contributed by atoms with Gasteiger partial charge in [0.05, 0.1) is 0 Å². The first-order valence-corrected chi connectivity index (χ1v) is 9.44. The molecule has 0 bridgehead atoms. The maximum atomic E-state index is 13.0. The van der Waals surface area contributed by atoms with Gasteiger partial charge in [-0.3, -0.25) is 0 Å². The molecule has 2 aromatic carbocycles. The van der Waals surface area contributed by atoms with Crippen LogP contribution in [0.15, 0.2) is 61.2 Å². The van der Waals surface area contributed by atoms with Crippen molar-refractivity contribution in [3.63, 3.8) is 0 Å². The Bertz CT molecular complexity index is 871. The van der Waals surface area contributed by atoms with E-state index in [1.807, 2.05) is 54.6 Å². The number of nitrogens with zero attached hydrogens (tertiary/aromatic N) is 1. The van der Waals surface area contributed by atoms with Crippen LogP contribution in [-0.4, -0.2) is 41.6 Å². The third kappa shape index (κ3) is 4.25. The van der Waals surface area contributed by atoms with Crippen molar-refractivity contribution in [2.45, 2.75) is 37.9 Å². The van der Waals surface area contributed by atoms with Gasteiger partial charge in [-0.15, -0.1) is 0 Å². The van der Waals surface area contributed by atoms with Gasteiger partial charge in [-0.05, 0) is 0 Å². The van der Waals surface area contributed by atoms with Crippen molar-refractivity contribution in [2.75, 3.05) is 6.54 Å². The molecule has 1 amide bonds. The van der Waals surface area contributed by atoms with Crippen molar-refractivity contribution in [1.29, 1.82) is 0 Å². The minimum absolute atomic E-state index is 0.324. The molecule has 3 rings (SSSR count). The van der Waals surface area contributed by atoms with Gasteiger partial charge in [-0.25, -0.2) is 0 Å². The number of cyclic esters (lactones) is 1. The van der Waals surface area contributed by atoms with E-state index in [0.717, 1.165) is 16.6 Å². The zero-order valence-corrected chi connectivity index (χ0v) is 16.5. The van der Waals surface area contributed by atoms with Crippen LogP contribution in [0.25, 0.3) is 5.70 Å². The monoisotopic (exact) mass is 375 g/mol. The molecule has 0 aliphatic carbocycles. The first kappa shape index (κ1) is 20.1. The van der Waals surface area contributed by atoms with Crippen LogP contribution < -0.4 is 5.46 Å². The van der Waals surface area contributed by atoms with E-state index in [9.17, 15) is 9.90 Å². The van der Waals surface area contributed by atoms with Crippen LogP contribution >= 0.6 is 0 Å². The molecule has 0 saturated carbocycles. The van der Waals surface area contributed by atoms with Crippen molar-refractivity contribution in [1.82, 2.24) is 4.90 Å². The molecule has 1 heterocycles. The van der Waals surface area contributed by atoms with Crippen LogP contribution in [0, 0.1) is 0 Å². The van der Waals surface area contributed by atoms with E-state index in [-0.39, 0.29) is 0 Å². The van der Waals surface area contributed by atoms with Gasteiger partial charge >= 0.3 is 161 Å². The first-order valence-electron chi connectivity index (χ1n) is 9.44. The number of hydrogen-bond acceptors (Lipinski definition) is 3. The van der Waals surface area contributed by atoms with Gasteiger partial charge < -0.3 is 0 Å². The Balaban J connectivity index is 1.85. The molecule has 1 aliphatic rings. The van der Waals surface area contributed by atoms with E-state index in [1.54, 1.807) is 25.7 Å². The van der Waals surface area contributed by atoms with Crippen LogP contribution in [0.2, 0.25) is 0 Å². The zero-order valence-electron chi connectivity index (χ0n) is 16.5.